The number of amides is 2. The average Bonchev–Trinajstić information content (AvgIpc) is 3.21. The number of aryl methyl sites for hydroxylation is 1. The number of carbonyl (C=O) groups is 2. The van der Waals surface area contributed by atoms with E-state index in [1.807, 2.05) is 48.5 Å². The zero-order chi connectivity index (χ0) is 18.9. The molecule has 0 bridgehead atoms. The van der Waals surface area contributed by atoms with Gasteiger partial charge in [-0.3, -0.25) is 9.59 Å². The molecule has 4 nitrogen and oxygen atoms in total. The van der Waals surface area contributed by atoms with Gasteiger partial charge >= 0.3 is 0 Å². The molecule has 0 aliphatic carbocycles. The normalized spacial score (nSPS) is 16.3. The maximum Gasteiger partial charge on any atom is 0.243 e. The number of benzene rings is 2. The van der Waals surface area contributed by atoms with Crippen LogP contribution in [0.25, 0.3) is 0 Å². The van der Waals surface area contributed by atoms with Gasteiger partial charge in [0.15, 0.2) is 0 Å². The summed E-state index contributed by atoms with van der Waals surface area (Å²) in [6, 6.07) is 19.9. The van der Waals surface area contributed by atoms with Crippen molar-refractivity contribution >= 4 is 11.8 Å². The van der Waals surface area contributed by atoms with Gasteiger partial charge in [-0.05, 0) is 43.2 Å². The Morgan fingerprint density at radius 1 is 0.926 bits per heavy atom. The SMILES string of the molecule is O=C(NCc1ccccc1)[C@@H]1CCCN1C(=O)CCCCc1ccccc1. The van der Waals surface area contributed by atoms with Gasteiger partial charge in [0.2, 0.25) is 11.8 Å². The Kier molecular flexibility index (Phi) is 7.03. The van der Waals surface area contributed by atoms with Crippen molar-refractivity contribution in [3.63, 3.8) is 0 Å². The van der Waals surface area contributed by atoms with E-state index >= 15 is 0 Å². The summed E-state index contributed by atoms with van der Waals surface area (Å²) in [4.78, 5) is 26.9. The molecule has 27 heavy (non-hydrogen) atoms. The Hall–Kier alpha value is -2.62. The zero-order valence-electron chi connectivity index (χ0n) is 15.8. The van der Waals surface area contributed by atoms with Crippen molar-refractivity contribution < 1.29 is 9.59 Å². The predicted molar refractivity (Wildman–Crippen MR) is 107 cm³/mol. The lowest BCUT2D eigenvalue weighted by Gasteiger charge is -2.24. The third-order valence-electron chi connectivity index (χ3n) is 5.13. The molecule has 2 aromatic rings. The second-order valence-corrected chi connectivity index (χ2v) is 7.14. The molecular weight excluding hydrogens is 336 g/mol. The molecule has 142 valence electrons. The lowest BCUT2D eigenvalue weighted by molar-refractivity contribution is -0.138. The van der Waals surface area contributed by atoms with Crippen LogP contribution < -0.4 is 5.32 Å². The Morgan fingerprint density at radius 3 is 2.30 bits per heavy atom. The van der Waals surface area contributed by atoms with E-state index in [-0.39, 0.29) is 17.9 Å². The summed E-state index contributed by atoms with van der Waals surface area (Å²) >= 11 is 0. The molecule has 0 spiro atoms. The summed E-state index contributed by atoms with van der Waals surface area (Å²) in [7, 11) is 0. The van der Waals surface area contributed by atoms with Crippen LogP contribution in [0.15, 0.2) is 60.7 Å². The predicted octanol–water partition coefficient (Wildman–Crippen LogP) is 3.71. The fourth-order valence-electron chi connectivity index (χ4n) is 3.63. The Morgan fingerprint density at radius 2 is 1.59 bits per heavy atom. The molecule has 1 aliphatic heterocycles. The lowest BCUT2D eigenvalue weighted by atomic mass is 10.1. The van der Waals surface area contributed by atoms with Crippen LogP contribution in [0.5, 0.6) is 0 Å². The number of hydrogen-bond donors (Lipinski definition) is 1. The topological polar surface area (TPSA) is 49.4 Å². The van der Waals surface area contributed by atoms with Gasteiger partial charge in [0, 0.05) is 19.5 Å². The summed E-state index contributed by atoms with van der Waals surface area (Å²) in [6.45, 7) is 1.20. The van der Waals surface area contributed by atoms with Crippen LogP contribution in [0.1, 0.15) is 43.2 Å². The van der Waals surface area contributed by atoms with E-state index in [0.717, 1.165) is 37.7 Å². The first-order chi connectivity index (χ1) is 13.2. The fraction of sp³-hybridized carbons (Fsp3) is 0.391. The molecule has 0 aromatic heterocycles. The van der Waals surface area contributed by atoms with Crippen LogP contribution in [0.3, 0.4) is 0 Å². The van der Waals surface area contributed by atoms with Crippen LogP contribution in [0, 0.1) is 0 Å². The molecule has 1 saturated heterocycles. The highest BCUT2D eigenvalue weighted by molar-refractivity contribution is 5.88. The first kappa shape index (κ1) is 19.2. The largest absolute Gasteiger partial charge is 0.350 e. The van der Waals surface area contributed by atoms with Crippen LogP contribution in [0.4, 0.5) is 0 Å². The number of nitrogens with one attached hydrogen (secondary N) is 1. The van der Waals surface area contributed by atoms with Crippen molar-refractivity contribution in [2.24, 2.45) is 0 Å². The van der Waals surface area contributed by atoms with E-state index in [1.165, 1.54) is 5.56 Å². The van der Waals surface area contributed by atoms with Crippen molar-refractivity contribution in [3.05, 3.63) is 71.8 Å². The van der Waals surface area contributed by atoms with E-state index in [4.69, 9.17) is 0 Å². The van der Waals surface area contributed by atoms with Gasteiger partial charge in [0.1, 0.15) is 6.04 Å². The van der Waals surface area contributed by atoms with Gasteiger partial charge in [-0.1, -0.05) is 60.7 Å². The molecule has 0 radical (unpaired) electrons. The maximum atomic E-state index is 12.6. The number of carbonyl (C=O) groups excluding carboxylic acids is 2. The smallest absolute Gasteiger partial charge is 0.243 e. The minimum atomic E-state index is -0.310. The van der Waals surface area contributed by atoms with Crippen molar-refractivity contribution in [2.75, 3.05) is 6.54 Å². The Labute approximate surface area is 161 Å². The van der Waals surface area contributed by atoms with Crippen molar-refractivity contribution in [1.29, 1.82) is 0 Å². The van der Waals surface area contributed by atoms with Crippen LogP contribution in [-0.2, 0) is 22.6 Å². The number of likely N-dealkylation sites (tertiary alicyclic amines) is 1. The Bertz CT molecular complexity index is 731. The summed E-state index contributed by atoms with van der Waals surface area (Å²) in [5.74, 6) is 0.0782. The highest BCUT2D eigenvalue weighted by Crippen LogP contribution is 2.20. The molecular formula is C23H28N2O2. The molecule has 1 fully saturated rings. The highest BCUT2D eigenvalue weighted by atomic mass is 16.2. The first-order valence-electron chi connectivity index (χ1n) is 9.89. The van der Waals surface area contributed by atoms with E-state index in [9.17, 15) is 9.59 Å². The summed E-state index contributed by atoms with van der Waals surface area (Å²) in [5.41, 5.74) is 2.38. The molecule has 0 saturated carbocycles. The van der Waals surface area contributed by atoms with Crippen LogP contribution >= 0.6 is 0 Å². The molecule has 4 heteroatoms. The number of unbranched alkanes of at least 4 members (excludes halogenated alkanes) is 1. The van der Waals surface area contributed by atoms with Crippen LogP contribution in [0.2, 0.25) is 0 Å². The molecule has 2 aromatic carbocycles. The summed E-state index contributed by atoms with van der Waals surface area (Å²) < 4.78 is 0. The monoisotopic (exact) mass is 364 g/mol. The van der Waals surface area contributed by atoms with Gasteiger partial charge in [-0.25, -0.2) is 0 Å². The molecule has 2 amide bonds. The minimum Gasteiger partial charge on any atom is -0.350 e. The van der Waals surface area contributed by atoms with Crippen molar-refractivity contribution in [2.45, 2.75) is 51.1 Å². The quantitative estimate of drug-likeness (QED) is 0.726. The molecule has 0 unspecified atom stereocenters. The van der Waals surface area contributed by atoms with Gasteiger partial charge in [0.05, 0.1) is 0 Å². The fourth-order valence-corrected chi connectivity index (χ4v) is 3.63. The maximum absolute atomic E-state index is 12.6. The van der Waals surface area contributed by atoms with E-state index in [1.54, 1.807) is 4.90 Å². The number of rotatable bonds is 8. The average molecular weight is 364 g/mol. The minimum absolute atomic E-state index is 0.0333. The van der Waals surface area contributed by atoms with E-state index in [2.05, 4.69) is 17.4 Å². The second kappa shape index (κ2) is 9.91. The van der Waals surface area contributed by atoms with Crippen LogP contribution in [-0.4, -0.2) is 29.3 Å². The van der Waals surface area contributed by atoms with Gasteiger partial charge in [-0.2, -0.15) is 0 Å². The van der Waals surface area contributed by atoms with Gasteiger partial charge in [-0.15, -0.1) is 0 Å². The number of hydrogen-bond acceptors (Lipinski definition) is 2. The summed E-state index contributed by atoms with van der Waals surface area (Å²) in [5, 5.41) is 2.98. The second-order valence-electron chi connectivity index (χ2n) is 7.14. The zero-order valence-corrected chi connectivity index (χ0v) is 15.8. The summed E-state index contributed by atoms with van der Waals surface area (Å²) in [6.07, 6.45) is 5.04. The van der Waals surface area contributed by atoms with Gasteiger partial charge in [0.25, 0.3) is 0 Å². The third kappa shape index (κ3) is 5.68. The molecule has 1 heterocycles. The van der Waals surface area contributed by atoms with Crippen molar-refractivity contribution in [3.8, 4) is 0 Å². The molecule has 1 N–H and O–H groups in total. The van der Waals surface area contributed by atoms with E-state index in [0.29, 0.717) is 19.5 Å². The van der Waals surface area contributed by atoms with Crippen molar-refractivity contribution in [1.82, 2.24) is 10.2 Å². The molecule has 1 aliphatic rings. The van der Waals surface area contributed by atoms with E-state index < -0.39 is 0 Å². The first-order valence-corrected chi connectivity index (χ1v) is 9.89. The van der Waals surface area contributed by atoms with Gasteiger partial charge < -0.3 is 10.2 Å². The lowest BCUT2D eigenvalue weighted by Crippen LogP contribution is -2.45. The number of nitrogens with zero attached hydrogens (tertiary/aromatic N) is 1. The standard InChI is InChI=1S/C23H28N2O2/c26-22(16-8-7-12-19-10-3-1-4-11-19)25-17-9-15-21(25)23(27)24-18-20-13-5-2-6-14-20/h1-6,10-11,13-14,21H,7-9,12,15-18H2,(H,24,27)/t21-/m0/s1. The highest BCUT2D eigenvalue weighted by Gasteiger charge is 2.33. The Balaban J connectivity index is 1.42. The third-order valence-corrected chi connectivity index (χ3v) is 5.13. The molecule has 1 atom stereocenters. The molecule has 3 rings (SSSR count).